The van der Waals surface area contributed by atoms with Gasteiger partial charge in [-0.3, -0.25) is 0 Å². The number of aromatic nitrogens is 1. The molecule has 3 nitrogen and oxygen atoms in total. The predicted octanol–water partition coefficient (Wildman–Crippen LogP) is 3.88. The minimum absolute atomic E-state index is 0.494. The summed E-state index contributed by atoms with van der Waals surface area (Å²) in [5.74, 6) is 0.920. The highest BCUT2D eigenvalue weighted by Gasteiger charge is 2.19. The van der Waals surface area contributed by atoms with E-state index in [4.69, 9.17) is 20.8 Å². The molecule has 1 aliphatic rings. The smallest absolute Gasteiger partial charge is 0.142 e. The van der Waals surface area contributed by atoms with E-state index in [1.165, 1.54) is 5.56 Å². The first kappa shape index (κ1) is 10.2. The Labute approximate surface area is 108 Å². The third kappa shape index (κ3) is 1.22. The van der Waals surface area contributed by atoms with E-state index in [2.05, 4.69) is 11.1 Å². The van der Waals surface area contributed by atoms with Crippen molar-refractivity contribution < 1.29 is 9.15 Å². The van der Waals surface area contributed by atoms with Crippen molar-refractivity contribution in [3.05, 3.63) is 34.6 Å². The topological polar surface area (TPSA) is 35.3 Å². The highest BCUT2D eigenvalue weighted by Crippen LogP contribution is 2.39. The van der Waals surface area contributed by atoms with Gasteiger partial charge >= 0.3 is 0 Å². The number of ether oxygens (including phenoxy) is 1. The van der Waals surface area contributed by atoms with Crippen LogP contribution in [0.5, 0.6) is 5.75 Å². The van der Waals surface area contributed by atoms with E-state index < -0.39 is 0 Å². The fourth-order valence-electron chi connectivity index (χ4n) is 2.53. The maximum atomic E-state index is 6.20. The molecule has 90 valence electrons. The number of fused-ring (bicyclic) bond motifs is 4. The van der Waals surface area contributed by atoms with Crippen LogP contribution in [0.25, 0.3) is 21.9 Å². The molecule has 0 radical (unpaired) electrons. The zero-order valence-corrected chi connectivity index (χ0v) is 10.5. The summed E-state index contributed by atoms with van der Waals surface area (Å²) >= 11 is 6.20. The summed E-state index contributed by atoms with van der Waals surface area (Å²) in [6.45, 7) is 2.71. The molecule has 0 aliphatic carbocycles. The second-order valence-corrected chi connectivity index (χ2v) is 4.95. The van der Waals surface area contributed by atoms with Gasteiger partial charge in [0.05, 0.1) is 12.0 Å². The zero-order chi connectivity index (χ0) is 12.3. The van der Waals surface area contributed by atoms with Crippen molar-refractivity contribution in [2.45, 2.75) is 13.3 Å². The van der Waals surface area contributed by atoms with Crippen LogP contribution in [0, 0.1) is 6.92 Å². The number of aryl methyl sites for hydroxylation is 1. The van der Waals surface area contributed by atoms with Crippen LogP contribution >= 0.6 is 11.6 Å². The molecule has 0 saturated carbocycles. The molecule has 0 spiro atoms. The minimum Gasteiger partial charge on any atom is -0.493 e. The predicted molar refractivity (Wildman–Crippen MR) is 70.5 cm³/mol. The quantitative estimate of drug-likeness (QED) is 0.575. The summed E-state index contributed by atoms with van der Waals surface area (Å²) < 4.78 is 11.4. The zero-order valence-electron chi connectivity index (χ0n) is 9.79. The van der Waals surface area contributed by atoms with Crippen LogP contribution in [0.4, 0.5) is 0 Å². The van der Waals surface area contributed by atoms with Gasteiger partial charge in [0.15, 0.2) is 0 Å². The lowest BCUT2D eigenvalue weighted by Crippen LogP contribution is -1.85. The lowest BCUT2D eigenvalue weighted by Gasteiger charge is -1.98. The Morgan fingerprint density at radius 3 is 3.11 bits per heavy atom. The lowest BCUT2D eigenvalue weighted by molar-refractivity contribution is 0.356. The second-order valence-electron chi connectivity index (χ2n) is 4.59. The van der Waals surface area contributed by atoms with Crippen molar-refractivity contribution in [3.8, 4) is 5.75 Å². The van der Waals surface area contributed by atoms with Crippen molar-refractivity contribution in [2.24, 2.45) is 0 Å². The van der Waals surface area contributed by atoms with Gasteiger partial charge in [-0.2, -0.15) is 0 Å². The third-order valence-electron chi connectivity index (χ3n) is 3.44. The molecule has 2 aromatic heterocycles. The van der Waals surface area contributed by atoms with Crippen molar-refractivity contribution in [2.75, 3.05) is 6.61 Å². The Morgan fingerprint density at radius 2 is 2.22 bits per heavy atom. The standard InChI is InChI=1S/C14H10ClNO2/c1-7-6-16-14(15)12-9-4-8-2-3-17-10(8)5-11(9)18-13(7)12/h4-6H,2-3H2,1H3. The van der Waals surface area contributed by atoms with Crippen LogP contribution in [0.1, 0.15) is 11.1 Å². The Bertz CT molecular complexity index is 791. The average Bonchev–Trinajstić information content (AvgIpc) is 2.94. The van der Waals surface area contributed by atoms with Crippen molar-refractivity contribution in [1.82, 2.24) is 4.98 Å². The maximum absolute atomic E-state index is 6.20. The van der Waals surface area contributed by atoms with Crippen LogP contribution in [0.3, 0.4) is 0 Å². The minimum atomic E-state index is 0.494. The fourth-order valence-corrected chi connectivity index (χ4v) is 2.77. The van der Waals surface area contributed by atoms with Crippen molar-refractivity contribution in [3.63, 3.8) is 0 Å². The Morgan fingerprint density at radius 1 is 1.33 bits per heavy atom. The molecule has 0 fully saturated rings. The van der Waals surface area contributed by atoms with Crippen LogP contribution in [-0.2, 0) is 6.42 Å². The number of hydrogen-bond acceptors (Lipinski definition) is 3. The molecule has 1 aromatic carbocycles. The van der Waals surface area contributed by atoms with Gasteiger partial charge in [-0.15, -0.1) is 0 Å². The molecule has 0 N–H and O–H groups in total. The van der Waals surface area contributed by atoms with Crippen LogP contribution < -0.4 is 4.74 Å². The first-order valence-electron chi connectivity index (χ1n) is 5.87. The summed E-state index contributed by atoms with van der Waals surface area (Å²) in [5, 5.41) is 2.42. The normalized spacial score (nSPS) is 14.1. The largest absolute Gasteiger partial charge is 0.493 e. The van der Waals surface area contributed by atoms with Gasteiger partial charge in [0.25, 0.3) is 0 Å². The van der Waals surface area contributed by atoms with Crippen LogP contribution in [-0.4, -0.2) is 11.6 Å². The van der Waals surface area contributed by atoms with E-state index >= 15 is 0 Å². The summed E-state index contributed by atoms with van der Waals surface area (Å²) in [7, 11) is 0. The van der Waals surface area contributed by atoms with Gasteiger partial charge in [0, 0.05) is 29.6 Å². The van der Waals surface area contributed by atoms with Gasteiger partial charge in [-0.05, 0) is 18.6 Å². The highest BCUT2D eigenvalue weighted by molar-refractivity contribution is 6.36. The monoisotopic (exact) mass is 259 g/mol. The van der Waals surface area contributed by atoms with E-state index in [1.54, 1.807) is 6.20 Å². The molecule has 3 aromatic rings. The number of rotatable bonds is 0. The summed E-state index contributed by atoms with van der Waals surface area (Å²) in [6, 6.07) is 4.06. The average molecular weight is 260 g/mol. The molecule has 0 unspecified atom stereocenters. The number of halogens is 1. The second kappa shape index (κ2) is 3.39. The Balaban J connectivity index is 2.21. The number of furan rings is 1. The Kier molecular flexibility index (Phi) is 1.92. The summed E-state index contributed by atoms with van der Waals surface area (Å²) in [5.41, 5.74) is 3.83. The number of nitrogens with zero attached hydrogens (tertiary/aromatic N) is 1. The van der Waals surface area contributed by atoms with E-state index in [1.807, 2.05) is 13.0 Å². The van der Waals surface area contributed by atoms with E-state index in [9.17, 15) is 0 Å². The SMILES string of the molecule is Cc1cnc(Cl)c2c1oc1cc3c(cc12)CCO3. The molecule has 1 aliphatic heterocycles. The molecule has 0 amide bonds. The van der Waals surface area contributed by atoms with Gasteiger partial charge in [-0.25, -0.2) is 4.98 Å². The molecule has 0 saturated heterocycles. The molecule has 18 heavy (non-hydrogen) atoms. The van der Waals surface area contributed by atoms with Gasteiger partial charge < -0.3 is 9.15 Å². The van der Waals surface area contributed by atoms with Gasteiger partial charge in [0.1, 0.15) is 22.1 Å². The molecule has 4 rings (SSSR count). The molecule has 3 heterocycles. The van der Waals surface area contributed by atoms with Crippen LogP contribution in [0.2, 0.25) is 5.15 Å². The van der Waals surface area contributed by atoms with E-state index in [0.29, 0.717) is 5.15 Å². The Hall–Kier alpha value is -1.74. The van der Waals surface area contributed by atoms with Crippen molar-refractivity contribution in [1.29, 1.82) is 0 Å². The first-order valence-corrected chi connectivity index (χ1v) is 6.25. The third-order valence-corrected chi connectivity index (χ3v) is 3.72. The van der Waals surface area contributed by atoms with Gasteiger partial charge in [0.2, 0.25) is 0 Å². The summed E-state index contributed by atoms with van der Waals surface area (Å²) in [6.07, 6.45) is 2.67. The van der Waals surface area contributed by atoms with Crippen molar-refractivity contribution >= 4 is 33.5 Å². The van der Waals surface area contributed by atoms with Crippen LogP contribution in [0.15, 0.2) is 22.7 Å². The lowest BCUT2D eigenvalue weighted by atomic mass is 10.1. The molecular weight excluding hydrogens is 250 g/mol. The first-order chi connectivity index (χ1) is 8.74. The number of benzene rings is 1. The van der Waals surface area contributed by atoms with E-state index in [-0.39, 0.29) is 0 Å². The number of hydrogen-bond donors (Lipinski definition) is 0. The maximum Gasteiger partial charge on any atom is 0.142 e. The van der Waals surface area contributed by atoms with E-state index in [0.717, 1.165) is 46.3 Å². The summed E-state index contributed by atoms with van der Waals surface area (Å²) in [4.78, 5) is 4.20. The molecule has 0 bridgehead atoms. The molecular formula is C14H10ClNO2. The number of pyridine rings is 1. The highest BCUT2D eigenvalue weighted by atomic mass is 35.5. The molecule has 0 atom stereocenters. The van der Waals surface area contributed by atoms with Gasteiger partial charge in [-0.1, -0.05) is 11.6 Å². The molecule has 4 heteroatoms. The fraction of sp³-hybridized carbons (Fsp3) is 0.214.